The van der Waals surface area contributed by atoms with Crippen molar-refractivity contribution in [1.29, 1.82) is 0 Å². The van der Waals surface area contributed by atoms with E-state index in [4.69, 9.17) is 11.6 Å². The van der Waals surface area contributed by atoms with Crippen molar-refractivity contribution in [2.24, 2.45) is 5.92 Å². The largest absolute Gasteiger partial charge is 0.436 e. The van der Waals surface area contributed by atoms with Gasteiger partial charge in [-0.2, -0.15) is 18.3 Å². The van der Waals surface area contributed by atoms with Gasteiger partial charge in [-0.3, -0.25) is 9.59 Å². The van der Waals surface area contributed by atoms with Crippen LogP contribution in [0, 0.1) is 19.8 Å². The number of anilines is 1. The van der Waals surface area contributed by atoms with E-state index in [0.29, 0.717) is 29.3 Å². The first-order valence-corrected chi connectivity index (χ1v) is 12.8. The third kappa shape index (κ3) is 5.98. The average Bonchev–Trinajstić information content (AvgIpc) is 3.43. The van der Waals surface area contributed by atoms with Crippen LogP contribution in [0.25, 0.3) is 5.82 Å². The second-order valence-corrected chi connectivity index (χ2v) is 10.1. The zero-order chi connectivity index (χ0) is 28.6. The summed E-state index contributed by atoms with van der Waals surface area (Å²) in [6.45, 7) is 3.99. The van der Waals surface area contributed by atoms with Crippen molar-refractivity contribution in [3.05, 3.63) is 81.5 Å². The molecule has 0 aliphatic heterocycles. The summed E-state index contributed by atoms with van der Waals surface area (Å²) in [5.41, 5.74) is 1.22. The van der Waals surface area contributed by atoms with Gasteiger partial charge in [-0.25, -0.2) is 14.3 Å². The highest BCUT2D eigenvalue weighted by Gasteiger charge is 2.34. The molecule has 1 fully saturated rings. The van der Waals surface area contributed by atoms with Crippen LogP contribution < -0.4 is 10.6 Å². The number of pyridine rings is 1. The highest BCUT2D eigenvalue weighted by molar-refractivity contribution is 6.32. The lowest BCUT2D eigenvalue weighted by molar-refractivity contribution is -0.141. The number of carbonyl (C=O) groups is 2. The van der Waals surface area contributed by atoms with Crippen molar-refractivity contribution in [2.45, 2.75) is 39.4 Å². The third-order valence-corrected chi connectivity index (χ3v) is 6.59. The standard InChI is InChI=1S/C26H24ClF3N8O2/c1-14-8-15(2)22(18(9-14)24(39)32-11-16-5-6-16)33-25(40)20-10-17(12-37-13-21(34-36-37)26(28,29)30)35-38(20)23-19(27)4-3-7-31-23/h3-4,7-10,13,16H,5-6,11-12H2,1-2H3,(H,32,39)(H,33,40). The molecular weight excluding hydrogens is 549 g/mol. The molecule has 3 heterocycles. The first-order chi connectivity index (χ1) is 19.0. The number of halogens is 4. The van der Waals surface area contributed by atoms with Crippen LogP contribution in [0.15, 0.2) is 42.7 Å². The topological polar surface area (TPSA) is 120 Å². The quantitative estimate of drug-likeness (QED) is 0.319. The molecule has 40 heavy (non-hydrogen) atoms. The summed E-state index contributed by atoms with van der Waals surface area (Å²) >= 11 is 6.33. The fraction of sp³-hybridized carbons (Fsp3) is 0.308. The van der Waals surface area contributed by atoms with Gasteiger partial charge in [0.25, 0.3) is 11.8 Å². The monoisotopic (exact) mass is 572 g/mol. The second kappa shape index (κ2) is 10.7. The third-order valence-electron chi connectivity index (χ3n) is 6.30. The van der Waals surface area contributed by atoms with Crippen LogP contribution >= 0.6 is 11.6 Å². The van der Waals surface area contributed by atoms with Gasteiger partial charge in [0.2, 0.25) is 0 Å². The molecular formula is C26H24ClF3N8O2. The Hall–Kier alpha value is -4.26. The maximum absolute atomic E-state index is 13.7. The van der Waals surface area contributed by atoms with Crippen LogP contribution in [0.4, 0.5) is 18.9 Å². The lowest BCUT2D eigenvalue weighted by Crippen LogP contribution is -2.28. The van der Waals surface area contributed by atoms with Crippen LogP contribution in [0.3, 0.4) is 0 Å². The molecule has 208 valence electrons. The van der Waals surface area contributed by atoms with Crippen molar-refractivity contribution in [2.75, 3.05) is 11.9 Å². The predicted molar refractivity (Wildman–Crippen MR) is 139 cm³/mol. The molecule has 10 nitrogen and oxygen atoms in total. The molecule has 0 unspecified atom stereocenters. The second-order valence-electron chi connectivity index (χ2n) is 9.65. The molecule has 1 aliphatic carbocycles. The number of rotatable bonds is 8. The molecule has 1 saturated carbocycles. The van der Waals surface area contributed by atoms with Gasteiger partial charge in [0.15, 0.2) is 11.5 Å². The smallest absolute Gasteiger partial charge is 0.352 e. The maximum Gasteiger partial charge on any atom is 0.436 e. The van der Waals surface area contributed by atoms with E-state index in [-0.39, 0.29) is 34.7 Å². The summed E-state index contributed by atoms with van der Waals surface area (Å²) < 4.78 is 41.1. The first-order valence-electron chi connectivity index (χ1n) is 12.4. The van der Waals surface area contributed by atoms with Crippen molar-refractivity contribution < 1.29 is 22.8 Å². The fourth-order valence-corrected chi connectivity index (χ4v) is 4.38. The van der Waals surface area contributed by atoms with Gasteiger partial charge in [-0.1, -0.05) is 22.9 Å². The zero-order valence-corrected chi connectivity index (χ0v) is 22.2. The predicted octanol–water partition coefficient (Wildman–Crippen LogP) is 4.59. The summed E-state index contributed by atoms with van der Waals surface area (Å²) in [7, 11) is 0. The summed E-state index contributed by atoms with van der Waals surface area (Å²) in [5.74, 6) is -0.319. The molecule has 1 aromatic carbocycles. The van der Waals surface area contributed by atoms with E-state index in [1.54, 1.807) is 25.1 Å². The van der Waals surface area contributed by atoms with E-state index in [9.17, 15) is 22.8 Å². The van der Waals surface area contributed by atoms with Crippen molar-refractivity contribution >= 4 is 29.1 Å². The number of nitrogens with zero attached hydrogens (tertiary/aromatic N) is 6. The van der Waals surface area contributed by atoms with E-state index in [1.807, 2.05) is 13.0 Å². The Morgan fingerprint density at radius 3 is 2.60 bits per heavy atom. The number of amides is 2. The van der Waals surface area contributed by atoms with Crippen LogP contribution in [0.2, 0.25) is 5.02 Å². The van der Waals surface area contributed by atoms with Crippen molar-refractivity contribution in [3.63, 3.8) is 0 Å². The Labute approximate surface area is 231 Å². The Balaban J connectivity index is 1.49. The lowest BCUT2D eigenvalue weighted by Gasteiger charge is -2.16. The van der Waals surface area contributed by atoms with Gasteiger partial charge in [-0.05, 0) is 68.0 Å². The van der Waals surface area contributed by atoms with E-state index >= 15 is 0 Å². The summed E-state index contributed by atoms with van der Waals surface area (Å²) in [4.78, 5) is 30.9. The minimum absolute atomic E-state index is 0.00364. The molecule has 0 spiro atoms. The Morgan fingerprint density at radius 1 is 1.15 bits per heavy atom. The molecule has 0 radical (unpaired) electrons. The minimum atomic E-state index is -4.65. The van der Waals surface area contributed by atoms with Gasteiger partial charge in [0.1, 0.15) is 5.69 Å². The molecule has 1 aliphatic rings. The van der Waals surface area contributed by atoms with E-state index in [2.05, 4.69) is 31.0 Å². The SMILES string of the molecule is Cc1cc(C)c(NC(=O)c2cc(Cn3cc(C(F)(F)F)nn3)nn2-c2ncccc2Cl)c(C(=O)NCC2CC2)c1. The highest BCUT2D eigenvalue weighted by Crippen LogP contribution is 2.29. The molecule has 0 bridgehead atoms. The number of nitrogens with one attached hydrogen (secondary N) is 2. The Kier molecular flexibility index (Phi) is 7.32. The van der Waals surface area contributed by atoms with Gasteiger partial charge < -0.3 is 10.6 Å². The number of hydrogen-bond donors (Lipinski definition) is 2. The summed E-state index contributed by atoms with van der Waals surface area (Å²) in [6, 6.07) is 8.10. The molecule has 4 aromatic rings. The zero-order valence-electron chi connectivity index (χ0n) is 21.5. The molecule has 14 heteroatoms. The van der Waals surface area contributed by atoms with Crippen LogP contribution in [0.1, 0.15) is 56.2 Å². The maximum atomic E-state index is 13.7. The van der Waals surface area contributed by atoms with Crippen LogP contribution in [-0.2, 0) is 12.7 Å². The van der Waals surface area contributed by atoms with Crippen molar-refractivity contribution in [1.82, 2.24) is 35.1 Å². The first kappa shape index (κ1) is 27.3. The van der Waals surface area contributed by atoms with Gasteiger partial charge in [0.05, 0.1) is 34.7 Å². The number of benzene rings is 1. The average molecular weight is 573 g/mol. The van der Waals surface area contributed by atoms with Crippen molar-refractivity contribution in [3.8, 4) is 5.82 Å². The molecule has 2 N–H and O–H groups in total. The number of hydrogen-bond acceptors (Lipinski definition) is 6. The molecule has 0 saturated heterocycles. The minimum Gasteiger partial charge on any atom is -0.352 e. The van der Waals surface area contributed by atoms with Gasteiger partial charge >= 0.3 is 6.18 Å². The number of carbonyl (C=O) groups excluding carboxylic acids is 2. The number of aryl methyl sites for hydroxylation is 2. The van der Waals surface area contributed by atoms with Gasteiger partial charge in [-0.15, -0.1) is 5.10 Å². The Morgan fingerprint density at radius 2 is 1.93 bits per heavy atom. The van der Waals surface area contributed by atoms with E-state index in [0.717, 1.165) is 29.3 Å². The molecule has 5 rings (SSSR count). The molecule has 3 aromatic heterocycles. The van der Waals surface area contributed by atoms with Gasteiger partial charge in [0, 0.05) is 12.7 Å². The van der Waals surface area contributed by atoms with E-state index < -0.39 is 17.8 Å². The summed E-state index contributed by atoms with van der Waals surface area (Å²) in [6.07, 6.45) is -0.298. The summed E-state index contributed by atoms with van der Waals surface area (Å²) in [5, 5.41) is 17.0. The molecule has 0 atom stereocenters. The number of aromatic nitrogens is 6. The molecule has 2 amide bonds. The lowest BCUT2D eigenvalue weighted by atomic mass is 10.0. The van der Waals surface area contributed by atoms with Crippen LogP contribution in [0.5, 0.6) is 0 Å². The normalized spacial score (nSPS) is 13.3. The van der Waals surface area contributed by atoms with Crippen LogP contribution in [-0.4, -0.2) is 48.1 Å². The van der Waals surface area contributed by atoms with E-state index in [1.165, 1.54) is 16.9 Å². The highest BCUT2D eigenvalue weighted by atomic mass is 35.5. The Bertz CT molecular complexity index is 1590. The fourth-order valence-electron chi connectivity index (χ4n) is 4.18. The number of alkyl halides is 3.